The molecule has 1 fully saturated rings. The third kappa shape index (κ3) is 4.05. The van der Waals surface area contributed by atoms with E-state index in [1.54, 1.807) is 18.2 Å². The zero-order valence-electron chi connectivity index (χ0n) is 13.7. The van der Waals surface area contributed by atoms with E-state index in [2.05, 4.69) is 15.6 Å². The van der Waals surface area contributed by atoms with Gasteiger partial charge in [-0.15, -0.1) is 0 Å². The van der Waals surface area contributed by atoms with Crippen LogP contribution >= 0.6 is 23.2 Å². The standard InChI is InChI=1S/C17H16Cl2N4O3/c18-11-7-10-14(8-12(11)19)21-9-23(17(10)26)6-2-1-5-20-16(25)13-3-4-15(24)22-13/h1-2,7-9,13H,3-6H2,(H,20,25)(H,22,24)/b2-1+/t13-/m1/s1. The molecule has 1 atom stereocenters. The van der Waals surface area contributed by atoms with Crippen LogP contribution in [0, 0.1) is 0 Å². The lowest BCUT2D eigenvalue weighted by molar-refractivity contribution is -0.125. The third-order valence-corrected chi connectivity index (χ3v) is 4.76. The van der Waals surface area contributed by atoms with Crippen LogP contribution in [0.2, 0.25) is 10.0 Å². The van der Waals surface area contributed by atoms with Gasteiger partial charge in [0.15, 0.2) is 0 Å². The van der Waals surface area contributed by atoms with E-state index in [0.29, 0.717) is 46.9 Å². The highest BCUT2D eigenvalue weighted by atomic mass is 35.5. The van der Waals surface area contributed by atoms with Gasteiger partial charge < -0.3 is 10.6 Å². The van der Waals surface area contributed by atoms with Gasteiger partial charge >= 0.3 is 0 Å². The molecule has 136 valence electrons. The van der Waals surface area contributed by atoms with E-state index in [-0.39, 0.29) is 17.4 Å². The molecule has 2 heterocycles. The minimum atomic E-state index is -0.459. The average Bonchev–Trinajstić information content (AvgIpc) is 3.05. The molecule has 2 amide bonds. The van der Waals surface area contributed by atoms with Crippen molar-refractivity contribution >= 4 is 45.9 Å². The summed E-state index contributed by atoms with van der Waals surface area (Å²) in [5.74, 6) is -0.318. The highest BCUT2D eigenvalue weighted by molar-refractivity contribution is 6.42. The van der Waals surface area contributed by atoms with Crippen molar-refractivity contribution in [3.8, 4) is 0 Å². The normalized spacial score (nSPS) is 17.0. The molecule has 26 heavy (non-hydrogen) atoms. The number of nitrogens with one attached hydrogen (secondary N) is 2. The minimum absolute atomic E-state index is 0.106. The smallest absolute Gasteiger partial charge is 0.261 e. The fourth-order valence-electron chi connectivity index (χ4n) is 2.65. The molecule has 0 aliphatic carbocycles. The van der Waals surface area contributed by atoms with Crippen LogP contribution in [-0.4, -0.2) is 34.0 Å². The number of hydrogen-bond donors (Lipinski definition) is 2. The summed E-state index contributed by atoms with van der Waals surface area (Å²) in [7, 11) is 0. The van der Waals surface area contributed by atoms with Crippen LogP contribution in [-0.2, 0) is 16.1 Å². The molecule has 0 bridgehead atoms. The van der Waals surface area contributed by atoms with Gasteiger partial charge in [-0.3, -0.25) is 19.0 Å². The zero-order valence-corrected chi connectivity index (χ0v) is 15.2. The molecule has 1 aromatic heterocycles. The van der Waals surface area contributed by atoms with Crippen molar-refractivity contribution in [3.63, 3.8) is 0 Å². The predicted molar refractivity (Wildman–Crippen MR) is 99.3 cm³/mol. The molecule has 0 unspecified atom stereocenters. The molecule has 3 rings (SSSR count). The van der Waals surface area contributed by atoms with Crippen molar-refractivity contribution in [2.24, 2.45) is 0 Å². The topological polar surface area (TPSA) is 93.1 Å². The largest absolute Gasteiger partial charge is 0.351 e. The Morgan fingerprint density at radius 1 is 1.31 bits per heavy atom. The van der Waals surface area contributed by atoms with E-state index in [1.165, 1.54) is 17.0 Å². The molecular weight excluding hydrogens is 379 g/mol. The number of carbonyl (C=O) groups is 2. The van der Waals surface area contributed by atoms with Gasteiger partial charge in [0.05, 0.1) is 27.3 Å². The van der Waals surface area contributed by atoms with Crippen LogP contribution in [0.15, 0.2) is 35.4 Å². The second-order valence-corrected chi connectivity index (χ2v) is 6.68. The van der Waals surface area contributed by atoms with E-state index < -0.39 is 6.04 Å². The summed E-state index contributed by atoms with van der Waals surface area (Å²) < 4.78 is 1.43. The second-order valence-electron chi connectivity index (χ2n) is 5.86. The van der Waals surface area contributed by atoms with Crippen LogP contribution in [0.5, 0.6) is 0 Å². The Morgan fingerprint density at radius 3 is 2.81 bits per heavy atom. The molecule has 1 saturated heterocycles. The van der Waals surface area contributed by atoms with Crippen LogP contribution < -0.4 is 16.2 Å². The van der Waals surface area contributed by atoms with Gasteiger partial charge in [0, 0.05) is 19.5 Å². The highest BCUT2D eigenvalue weighted by Gasteiger charge is 2.26. The Morgan fingerprint density at radius 2 is 2.08 bits per heavy atom. The summed E-state index contributed by atoms with van der Waals surface area (Å²) >= 11 is 11.9. The fraction of sp³-hybridized carbons (Fsp3) is 0.294. The number of allylic oxidation sites excluding steroid dienone is 1. The summed E-state index contributed by atoms with van der Waals surface area (Å²) in [5, 5.41) is 6.35. The minimum Gasteiger partial charge on any atom is -0.351 e. The number of carbonyl (C=O) groups excluding carboxylic acids is 2. The number of nitrogens with zero attached hydrogens (tertiary/aromatic N) is 2. The molecule has 2 aromatic rings. The molecule has 1 aliphatic rings. The van der Waals surface area contributed by atoms with Crippen LogP contribution in [0.1, 0.15) is 12.8 Å². The van der Waals surface area contributed by atoms with Gasteiger partial charge in [-0.1, -0.05) is 35.4 Å². The molecule has 9 heteroatoms. The predicted octanol–water partition coefficient (Wildman–Crippen LogP) is 1.65. The number of benzene rings is 1. The van der Waals surface area contributed by atoms with Crippen molar-refractivity contribution in [1.82, 2.24) is 20.2 Å². The number of hydrogen-bond acceptors (Lipinski definition) is 4. The molecule has 0 saturated carbocycles. The number of amides is 2. The van der Waals surface area contributed by atoms with Crippen molar-refractivity contribution in [2.45, 2.75) is 25.4 Å². The highest BCUT2D eigenvalue weighted by Crippen LogP contribution is 2.25. The molecule has 0 radical (unpaired) electrons. The molecule has 2 N–H and O–H groups in total. The monoisotopic (exact) mass is 394 g/mol. The molecule has 1 aliphatic heterocycles. The van der Waals surface area contributed by atoms with Crippen molar-refractivity contribution in [1.29, 1.82) is 0 Å². The lowest BCUT2D eigenvalue weighted by Gasteiger charge is -2.09. The van der Waals surface area contributed by atoms with Crippen LogP contribution in [0.4, 0.5) is 0 Å². The second kappa shape index (κ2) is 7.88. The Kier molecular flexibility index (Phi) is 5.58. The zero-order chi connectivity index (χ0) is 18.7. The SMILES string of the molecule is O=C1CC[C@H](C(=O)NC/C=C/Cn2cnc3cc(Cl)c(Cl)cc3c2=O)N1. The van der Waals surface area contributed by atoms with E-state index in [1.807, 2.05) is 0 Å². The fourth-order valence-corrected chi connectivity index (χ4v) is 2.97. The van der Waals surface area contributed by atoms with Gasteiger partial charge in [0.2, 0.25) is 11.8 Å². The van der Waals surface area contributed by atoms with Gasteiger partial charge in [0.1, 0.15) is 6.04 Å². The lowest BCUT2D eigenvalue weighted by atomic mass is 10.2. The number of halogens is 2. The maximum Gasteiger partial charge on any atom is 0.261 e. The van der Waals surface area contributed by atoms with Crippen molar-refractivity contribution in [2.75, 3.05) is 6.54 Å². The number of rotatable bonds is 5. The van der Waals surface area contributed by atoms with Crippen molar-refractivity contribution < 1.29 is 9.59 Å². The Hall–Kier alpha value is -2.38. The van der Waals surface area contributed by atoms with Gasteiger partial charge in [-0.2, -0.15) is 0 Å². The van der Waals surface area contributed by atoms with Crippen LogP contribution in [0.25, 0.3) is 10.9 Å². The Bertz CT molecular complexity index is 955. The lowest BCUT2D eigenvalue weighted by Crippen LogP contribution is -2.41. The van der Waals surface area contributed by atoms with Crippen molar-refractivity contribution in [3.05, 3.63) is 51.0 Å². The maximum absolute atomic E-state index is 12.4. The molecule has 1 aromatic carbocycles. The first kappa shape index (κ1) is 18.4. The molecular formula is C17H16Cl2N4O3. The van der Waals surface area contributed by atoms with Gasteiger partial charge in [-0.25, -0.2) is 4.98 Å². The summed E-state index contributed by atoms with van der Waals surface area (Å²) in [6.45, 7) is 0.612. The summed E-state index contributed by atoms with van der Waals surface area (Å²) in [4.78, 5) is 39.6. The summed E-state index contributed by atoms with van der Waals surface area (Å²) in [5.41, 5.74) is 0.256. The summed E-state index contributed by atoms with van der Waals surface area (Å²) in [6, 6.07) is 2.60. The number of fused-ring (bicyclic) bond motifs is 1. The van der Waals surface area contributed by atoms with Gasteiger partial charge in [-0.05, 0) is 18.6 Å². The van der Waals surface area contributed by atoms with E-state index >= 15 is 0 Å². The average molecular weight is 395 g/mol. The number of aromatic nitrogens is 2. The first-order chi connectivity index (χ1) is 12.5. The summed E-state index contributed by atoms with van der Waals surface area (Å²) in [6.07, 6.45) is 5.81. The third-order valence-electron chi connectivity index (χ3n) is 4.04. The van der Waals surface area contributed by atoms with E-state index in [4.69, 9.17) is 23.2 Å². The van der Waals surface area contributed by atoms with E-state index in [0.717, 1.165) is 0 Å². The van der Waals surface area contributed by atoms with Gasteiger partial charge in [0.25, 0.3) is 5.56 Å². The Labute approximate surface area is 159 Å². The van der Waals surface area contributed by atoms with Crippen LogP contribution in [0.3, 0.4) is 0 Å². The molecule has 7 nitrogen and oxygen atoms in total. The maximum atomic E-state index is 12.4. The van der Waals surface area contributed by atoms with E-state index in [9.17, 15) is 14.4 Å². The first-order valence-corrected chi connectivity index (χ1v) is 8.77. The molecule has 0 spiro atoms. The Balaban J connectivity index is 1.59. The quantitative estimate of drug-likeness (QED) is 0.754. The first-order valence-electron chi connectivity index (χ1n) is 8.02.